The van der Waals surface area contributed by atoms with E-state index < -0.39 is 17.8 Å². The maximum Gasteiger partial charge on any atom is 0.307 e. The Labute approximate surface area is 129 Å². The molecule has 0 radical (unpaired) electrons. The number of rotatable bonds is 3. The Balaban J connectivity index is 1.74. The van der Waals surface area contributed by atoms with Crippen LogP contribution < -0.4 is 5.32 Å². The summed E-state index contributed by atoms with van der Waals surface area (Å²) in [5.41, 5.74) is -0.188. The highest BCUT2D eigenvalue weighted by atomic mass is 16.5. The van der Waals surface area contributed by atoms with Gasteiger partial charge in [-0.1, -0.05) is 25.9 Å². The van der Waals surface area contributed by atoms with Crippen molar-refractivity contribution in [3.63, 3.8) is 0 Å². The van der Waals surface area contributed by atoms with Gasteiger partial charge in [-0.25, -0.2) is 0 Å². The lowest BCUT2D eigenvalue weighted by Crippen LogP contribution is -2.37. The van der Waals surface area contributed by atoms with Crippen molar-refractivity contribution in [1.82, 2.24) is 5.16 Å². The van der Waals surface area contributed by atoms with Gasteiger partial charge < -0.3 is 14.9 Å². The molecule has 2 aliphatic carbocycles. The second-order valence-electron chi connectivity index (χ2n) is 7.54. The van der Waals surface area contributed by atoms with Crippen LogP contribution in [0.4, 0.5) is 5.82 Å². The van der Waals surface area contributed by atoms with Gasteiger partial charge in [0.25, 0.3) is 0 Å². The smallest absolute Gasteiger partial charge is 0.307 e. The molecule has 4 atom stereocenters. The van der Waals surface area contributed by atoms with E-state index in [-0.39, 0.29) is 23.2 Å². The van der Waals surface area contributed by atoms with E-state index in [1.54, 1.807) is 6.07 Å². The van der Waals surface area contributed by atoms with Gasteiger partial charge in [0.2, 0.25) is 5.91 Å². The van der Waals surface area contributed by atoms with Crippen LogP contribution in [0.5, 0.6) is 0 Å². The molecule has 22 heavy (non-hydrogen) atoms. The molecule has 0 spiro atoms. The Morgan fingerprint density at radius 2 is 1.91 bits per heavy atom. The fourth-order valence-electron chi connectivity index (χ4n) is 3.92. The second kappa shape index (κ2) is 5.11. The van der Waals surface area contributed by atoms with Gasteiger partial charge in [-0.05, 0) is 31.1 Å². The number of hydrogen-bond acceptors (Lipinski definition) is 4. The lowest BCUT2D eigenvalue weighted by atomic mass is 9.79. The lowest BCUT2D eigenvalue weighted by Gasteiger charge is -2.26. The molecule has 120 valence electrons. The maximum atomic E-state index is 12.5. The number of nitrogens with one attached hydrogen (secondary N) is 1. The third-order valence-corrected chi connectivity index (χ3v) is 5.00. The first kappa shape index (κ1) is 15.1. The van der Waals surface area contributed by atoms with E-state index in [4.69, 9.17) is 4.52 Å². The summed E-state index contributed by atoms with van der Waals surface area (Å²) < 4.78 is 5.25. The molecule has 2 aliphatic rings. The SMILES string of the molecule is CC(C)(C)c1cc(NC(=O)[C@H]2[C@@H]3CC[C@@H](C3)[C@@H]2C(=O)O)no1. The number of aliphatic carboxylic acids is 1. The van der Waals surface area contributed by atoms with E-state index in [0.29, 0.717) is 11.6 Å². The Kier molecular flexibility index (Phi) is 3.50. The summed E-state index contributed by atoms with van der Waals surface area (Å²) >= 11 is 0. The van der Waals surface area contributed by atoms with Gasteiger partial charge in [0.05, 0.1) is 11.8 Å². The first-order valence-electron chi connectivity index (χ1n) is 7.78. The highest BCUT2D eigenvalue weighted by molar-refractivity contribution is 5.95. The van der Waals surface area contributed by atoms with Crippen molar-refractivity contribution in [3.05, 3.63) is 11.8 Å². The van der Waals surface area contributed by atoms with Crippen molar-refractivity contribution >= 4 is 17.7 Å². The van der Waals surface area contributed by atoms with E-state index in [0.717, 1.165) is 19.3 Å². The van der Waals surface area contributed by atoms with E-state index >= 15 is 0 Å². The molecule has 1 aromatic heterocycles. The van der Waals surface area contributed by atoms with Gasteiger partial charge in [-0.15, -0.1) is 0 Å². The van der Waals surface area contributed by atoms with E-state index in [9.17, 15) is 14.7 Å². The summed E-state index contributed by atoms with van der Waals surface area (Å²) in [5.74, 6) is -0.747. The van der Waals surface area contributed by atoms with Gasteiger partial charge in [-0.2, -0.15) is 0 Å². The Bertz CT molecular complexity index is 602. The molecule has 1 amide bonds. The number of amides is 1. The standard InChI is InChI=1S/C16H22N2O4/c1-16(2,3)10-7-11(18-22-10)17-14(19)12-8-4-5-9(6-8)13(12)15(20)21/h7-9,12-13H,4-6H2,1-3H3,(H,20,21)(H,17,18,19)/t8-,9+,12+,13+/m1/s1. The molecule has 0 aromatic carbocycles. The number of hydrogen-bond donors (Lipinski definition) is 2. The third-order valence-electron chi connectivity index (χ3n) is 5.00. The fourth-order valence-corrected chi connectivity index (χ4v) is 3.92. The van der Waals surface area contributed by atoms with Gasteiger partial charge in [0, 0.05) is 11.5 Å². The normalized spacial score (nSPS) is 30.5. The highest BCUT2D eigenvalue weighted by Gasteiger charge is 2.54. The summed E-state index contributed by atoms with van der Waals surface area (Å²) in [4.78, 5) is 24.0. The molecule has 1 aromatic rings. The van der Waals surface area contributed by atoms with E-state index in [2.05, 4.69) is 10.5 Å². The molecule has 0 saturated heterocycles. The number of carboxylic acid groups (broad SMARTS) is 1. The molecule has 2 saturated carbocycles. The quantitative estimate of drug-likeness (QED) is 0.895. The van der Waals surface area contributed by atoms with Crippen LogP contribution in [-0.4, -0.2) is 22.1 Å². The van der Waals surface area contributed by atoms with Crippen molar-refractivity contribution in [2.24, 2.45) is 23.7 Å². The van der Waals surface area contributed by atoms with Crippen LogP contribution in [0.15, 0.2) is 10.6 Å². The largest absolute Gasteiger partial charge is 0.481 e. The Morgan fingerprint density at radius 1 is 1.27 bits per heavy atom. The average Bonchev–Trinajstić information content (AvgIpc) is 3.11. The summed E-state index contributed by atoms with van der Waals surface area (Å²) in [7, 11) is 0. The summed E-state index contributed by atoms with van der Waals surface area (Å²) in [6.45, 7) is 5.99. The fraction of sp³-hybridized carbons (Fsp3) is 0.688. The lowest BCUT2D eigenvalue weighted by molar-refractivity contribution is -0.148. The molecule has 6 heteroatoms. The van der Waals surface area contributed by atoms with Crippen molar-refractivity contribution in [2.75, 3.05) is 5.32 Å². The predicted molar refractivity (Wildman–Crippen MR) is 79.3 cm³/mol. The van der Waals surface area contributed by atoms with E-state index in [1.165, 1.54) is 0 Å². The molecule has 0 aliphatic heterocycles. The molecular weight excluding hydrogens is 284 g/mol. The van der Waals surface area contributed by atoms with Crippen molar-refractivity contribution < 1.29 is 19.2 Å². The molecular formula is C16H22N2O4. The molecule has 6 nitrogen and oxygen atoms in total. The van der Waals surface area contributed by atoms with Crippen LogP contribution in [0.1, 0.15) is 45.8 Å². The van der Waals surface area contributed by atoms with Crippen LogP contribution in [-0.2, 0) is 15.0 Å². The molecule has 0 unspecified atom stereocenters. The maximum absolute atomic E-state index is 12.5. The van der Waals surface area contributed by atoms with Crippen molar-refractivity contribution in [2.45, 2.75) is 45.4 Å². The topological polar surface area (TPSA) is 92.4 Å². The van der Waals surface area contributed by atoms with Gasteiger partial charge in [-0.3, -0.25) is 9.59 Å². The minimum atomic E-state index is -0.858. The number of fused-ring (bicyclic) bond motifs is 2. The molecule has 1 heterocycles. The number of carbonyl (C=O) groups excluding carboxylic acids is 1. The molecule has 2 fully saturated rings. The average molecular weight is 306 g/mol. The Morgan fingerprint density at radius 3 is 2.45 bits per heavy atom. The van der Waals surface area contributed by atoms with Gasteiger partial charge in [0.15, 0.2) is 5.82 Å². The number of anilines is 1. The number of carboxylic acids is 1. The minimum Gasteiger partial charge on any atom is -0.481 e. The first-order chi connectivity index (χ1) is 10.3. The number of nitrogens with zero attached hydrogens (tertiary/aromatic N) is 1. The molecule has 3 rings (SSSR count). The van der Waals surface area contributed by atoms with Crippen LogP contribution in [0.25, 0.3) is 0 Å². The molecule has 2 N–H and O–H groups in total. The van der Waals surface area contributed by atoms with Crippen LogP contribution >= 0.6 is 0 Å². The number of carbonyl (C=O) groups is 2. The Hall–Kier alpha value is -1.85. The highest BCUT2D eigenvalue weighted by Crippen LogP contribution is 2.52. The summed E-state index contributed by atoms with van der Waals surface area (Å²) in [5, 5.41) is 16.0. The van der Waals surface area contributed by atoms with Crippen molar-refractivity contribution in [1.29, 1.82) is 0 Å². The van der Waals surface area contributed by atoms with Crippen LogP contribution in [0.3, 0.4) is 0 Å². The number of aromatic nitrogens is 1. The van der Waals surface area contributed by atoms with E-state index in [1.807, 2.05) is 20.8 Å². The zero-order chi connectivity index (χ0) is 16.1. The zero-order valence-corrected chi connectivity index (χ0v) is 13.1. The zero-order valence-electron chi connectivity index (χ0n) is 13.1. The monoisotopic (exact) mass is 306 g/mol. The van der Waals surface area contributed by atoms with Crippen LogP contribution in [0.2, 0.25) is 0 Å². The van der Waals surface area contributed by atoms with Gasteiger partial charge >= 0.3 is 5.97 Å². The third kappa shape index (κ3) is 2.51. The van der Waals surface area contributed by atoms with Crippen molar-refractivity contribution in [3.8, 4) is 0 Å². The first-order valence-corrected chi connectivity index (χ1v) is 7.78. The summed E-state index contributed by atoms with van der Waals surface area (Å²) in [6, 6.07) is 1.71. The molecule has 2 bridgehead atoms. The summed E-state index contributed by atoms with van der Waals surface area (Å²) in [6.07, 6.45) is 2.71. The predicted octanol–water partition coefficient (Wildman–Crippen LogP) is 2.66. The van der Waals surface area contributed by atoms with Gasteiger partial charge in [0.1, 0.15) is 5.76 Å². The minimum absolute atomic E-state index is 0.140. The van der Waals surface area contributed by atoms with Crippen LogP contribution in [0, 0.1) is 23.7 Å². The second-order valence-corrected chi connectivity index (χ2v) is 7.54.